The van der Waals surface area contributed by atoms with Crippen molar-refractivity contribution in [3.05, 3.63) is 29.5 Å². The van der Waals surface area contributed by atoms with Crippen LogP contribution in [0.25, 0.3) is 10.9 Å². The minimum atomic E-state index is 0.711. The molecule has 23 heavy (non-hydrogen) atoms. The van der Waals surface area contributed by atoms with Crippen LogP contribution < -0.4 is 4.74 Å². The normalized spacial score (nSPS) is 35.1. The van der Waals surface area contributed by atoms with E-state index in [2.05, 4.69) is 35.0 Å². The van der Waals surface area contributed by atoms with Crippen LogP contribution >= 0.6 is 0 Å². The Balaban J connectivity index is 1.66. The Morgan fingerprint density at radius 1 is 1.30 bits per heavy atom. The zero-order valence-corrected chi connectivity index (χ0v) is 14.1. The summed E-state index contributed by atoms with van der Waals surface area (Å²) in [4.78, 5) is 6.63. The number of fused-ring (bicyclic) bond motifs is 4. The summed E-state index contributed by atoms with van der Waals surface area (Å²) >= 11 is 0. The topological polar surface area (TPSA) is 28.3 Å². The molecule has 6 rings (SSSR count). The van der Waals surface area contributed by atoms with Gasteiger partial charge >= 0.3 is 0 Å². The van der Waals surface area contributed by atoms with Gasteiger partial charge in [0, 0.05) is 41.6 Å². The second kappa shape index (κ2) is 5.01. The summed E-state index contributed by atoms with van der Waals surface area (Å²) in [6.07, 6.45) is 5.35. The molecule has 4 aliphatic rings. The van der Waals surface area contributed by atoms with Crippen molar-refractivity contribution in [3.63, 3.8) is 0 Å². The van der Waals surface area contributed by atoms with E-state index in [0.29, 0.717) is 5.92 Å². The first kappa shape index (κ1) is 13.9. The number of rotatable bonds is 2. The predicted octanol–water partition coefficient (Wildman–Crippen LogP) is 3.94. The third kappa shape index (κ3) is 1.92. The van der Waals surface area contributed by atoms with E-state index in [1.54, 1.807) is 18.4 Å². The molecule has 4 unspecified atom stereocenters. The van der Waals surface area contributed by atoms with Crippen molar-refractivity contribution in [1.29, 1.82) is 0 Å². The second-order valence-electron chi connectivity index (χ2n) is 7.78. The number of nitrogens with zero attached hydrogens (tertiary/aromatic N) is 1. The summed E-state index contributed by atoms with van der Waals surface area (Å²) < 4.78 is 5.46. The van der Waals surface area contributed by atoms with Gasteiger partial charge in [-0.25, -0.2) is 0 Å². The first-order valence-corrected chi connectivity index (χ1v) is 9.21. The molecule has 1 N–H and O–H groups in total. The Kier molecular flexibility index (Phi) is 3.03. The van der Waals surface area contributed by atoms with Gasteiger partial charge in [-0.15, -0.1) is 0 Å². The zero-order valence-electron chi connectivity index (χ0n) is 14.1. The lowest BCUT2D eigenvalue weighted by molar-refractivity contribution is -0.0134. The third-order valence-corrected chi connectivity index (χ3v) is 6.72. The van der Waals surface area contributed by atoms with Crippen LogP contribution in [0, 0.1) is 11.8 Å². The van der Waals surface area contributed by atoms with Crippen molar-refractivity contribution in [1.82, 2.24) is 9.88 Å². The fourth-order valence-corrected chi connectivity index (χ4v) is 5.80. The van der Waals surface area contributed by atoms with Gasteiger partial charge in [-0.1, -0.05) is 13.3 Å². The molecule has 3 aliphatic heterocycles. The molecule has 3 nitrogen and oxygen atoms in total. The lowest BCUT2D eigenvalue weighted by atomic mass is 9.65. The molecule has 1 aromatic carbocycles. The van der Waals surface area contributed by atoms with Gasteiger partial charge < -0.3 is 9.72 Å². The van der Waals surface area contributed by atoms with Gasteiger partial charge in [0.2, 0.25) is 0 Å². The summed E-state index contributed by atoms with van der Waals surface area (Å²) in [7, 11) is 1.76. The number of methoxy groups -OCH3 is 1. The van der Waals surface area contributed by atoms with Gasteiger partial charge in [0.15, 0.2) is 0 Å². The highest BCUT2D eigenvalue weighted by molar-refractivity contribution is 5.86. The van der Waals surface area contributed by atoms with E-state index in [-0.39, 0.29) is 0 Å². The maximum absolute atomic E-state index is 5.46. The van der Waals surface area contributed by atoms with Crippen LogP contribution in [0.5, 0.6) is 5.75 Å². The summed E-state index contributed by atoms with van der Waals surface area (Å²) in [5.41, 5.74) is 4.40. The Bertz CT molecular complexity index is 749. The molecule has 5 atom stereocenters. The Labute approximate surface area is 138 Å². The van der Waals surface area contributed by atoms with Crippen molar-refractivity contribution in [2.45, 2.75) is 44.6 Å². The Morgan fingerprint density at radius 2 is 2.22 bits per heavy atom. The van der Waals surface area contributed by atoms with E-state index in [1.807, 2.05) is 0 Å². The van der Waals surface area contributed by atoms with E-state index < -0.39 is 0 Å². The van der Waals surface area contributed by atoms with Crippen molar-refractivity contribution in [3.8, 4) is 5.75 Å². The second-order valence-corrected chi connectivity index (χ2v) is 7.78. The van der Waals surface area contributed by atoms with Crippen LogP contribution in [0.1, 0.15) is 43.4 Å². The number of aromatic nitrogens is 1. The molecule has 0 amide bonds. The standard InChI is InChI=1S/C20H26N2O/c1-3-13-8-12-9-17-19-15(6-7-22(11-12)20(13)17)16-10-14(23-2)4-5-18(16)21-19/h4-5,10,12-13,17,20-21H,3,6-9,11H2,1-2H3/t12?,13?,17?,20-/m0/s1. The average molecular weight is 310 g/mol. The van der Waals surface area contributed by atoms with Crippen molar-refractivity contribution < 1.29 is 4.74 Å². The number of hydrogen-bond donors (Lipinski definition) is 1. The van der Waals surface area contributed by atoms with Gasteiger partial charge in [0.05, 0.1) is 7.11 Å². The fraction of sp³-hybridized carbons (Fsp3) is 0.600. The molecular formula is C20H26N2O. The number of aromatic amines is 1. The molecule has 1 aromatic heterocycles. The molecule has 2 aromatic rings. The number of ether oxygens (including phenoxy) is 1. The quantitative estimate of drug-likeness (QED) is 0.910. The Hall–Kier alpha value is -1.48. The number of benzene rings is 1. The monoisotopic (exact) mass is 310 g/mol. The highest BCUT2D eigenvalue weighted by atomic mass is 16.5. The highest BCUT2D eigenvalue weighted by Gasteiger charge is 2.48. The van der Waals surface area contributed by atoms with Crippen LogP contribution in [-0.4, -0.2) is 36.1 Å². The molecule has 3 fully saturated rings. The van der Waals surface area contributed by atoms with E-state index >= 15 is 0 Å². The molecule has 4 heterocycles. The third-order valence-electron chi connectivity index (χ3n) is 6.72. The van der Waals surface area contributed by atoms with Crippen LogP contribution in [0.15, 0.2) is 18.2 Å². The number of H-pyrrole nitrogens is 1. The predicted molar refractivity (Wildman–Crippen MR) is 93.2 cm³/mol. The zero-order chi connectivity index (χ0) is 15.6. The molecule has 1 aliphatic carbocycles. The molecule has 0 spiro atoms. The molecule has 122 valence electrons. The molecule has 3 heteroatoms. The SMILES string of the molecule is CCC1CC2CC3c4[nH]c5ccc(OC)cc5c4CCN(C2)[C@@H]13. The smallest absolute Gasteiger partial charge is 0.119 e. The molecular weight excluding hydrogens is 284 g/mol. The van der Waals surface area contributed by atoms with Crippen molar-refractivity contribution in [2.75, 3.05) is 20.2 Å². The van der Waals surface area contributed by atoms with Gasteiger partial charge in [-0.2, -0.15) is 0 Å². The van der Waals surface area contributed by atoms with E-state index in [9.17, 15) is 0 Å². The largest absolute Gasteiger partial charge is 0.497 e. The lowest BCUT2D eigenvalue weighted by Crippen LogP contribution is -2.56. The number of hydrogen-bond acceptors (Lipinski definition) is 2. The fourth-order valence-electron chi connectivity index (χ4n) is 5.80. The highest BCUT2D eigenvalue weighted by Crippen LogP contribution is 2.51. The Morgan fingerprint density at radius 3 is 3.04 bits per heavy atom. The molecule has 2 saturated heterocycles. The minimum absolute atomic E-state index is 0.711. The summed E-state index contributed by atoms with van der Waals surface area (Å²) in [5.74, 6) is 3.48. The summed E-state index contributed by atoms with van der Waals surface area (Å²) in [6.45, 7) is 4.95. The van der Waals surface area contributed by atoms with E-state index in [0.717, 1.165) is 23.6 Å². The lowest BCUT2D eigenvalue weighted by Gasteiger charge is -2.53. The maximum atomic E-state index is 5.46. The van der Waals surface area contributed by atoms with E-state index in [1.165, 1.54) is 49.7 Å². The van der Waals surface area contributed by atoms with Crippen LogP contribution in [0.3, 0.4) is 0 Å². The molecule has 0 radical (unpaired) electrons. The van der Waals surface area contributed by atoms with Crippen LogP contribution in [0.2, 0.25) is 0 Å². The van der Waals surface area contributed by atoms with Gasteiger partial charge in [0.1, 0.15) is 5.75 Å². The minimum Gasteiger partial charge on any atom is -0.497 e. The summed E-state index contributed by atoms with van der Waals surface area (Å²) in [6, 6.07) is 7.26. The first-order valence-electron chi connectivity index (χ1n) is 9.21. The number of piperidine rings is 2. The maximum Gasteiger partial charge on any atom is 0.119 e. The average Bonchev–Trinajstić information content (AvgIpc) is 2.92. The van der Waals surface area contributed by atoms with Gasteiger partial charge in [0.25, 0.3) is 0 Å². The van der Waals surface area contributed by atoms with Crippen molar-refractivity contribution >= 4 is 10.9 Å². The van der Waals surface area contributed by atoms with Crippen molar-refractivity contribution in [2.24, 2.45) is 11.8 Å². The molecule has 4 bridgehead atoms. The number of nitrogens with one attached hydrogen (secondary N) is 1. The first-order chi connectivity index (χ1) is 11.3. The van der Waals surface area contributed by atoms with Gasteiger partial charge in [-0.05, 0) is 54.9 Å². The summed E-state index contributed by atoms with van der Waals surface area (Å²) in [5, 5.41) is 1.39. The van der Waals surface area contributed by atoms with Crippen LogP contribution in [0.4, 0.5) is 0 Å². The molecule has 1 saturated carbocycles. The van der Waals surface area contributed by atoms with Crippen LogP contribution in [-0.2, 0) is 6.42 Å². The van der Waals surface area contributed by atoms with Gasteiger partial charge in [-0.3, -0.25) is 4.90 Å². The van der Waals surface area contributed by atoms with E-state index in [4.69, 9.17) is 4.74 Å².